The molecular formula is C8H13N3O3. The van der Waals surface area contributed by atoms with Crippen molar-refractivity contribution in [1.82, 2.24) is 9.55 Å². The monoisotopic (exact) mass is 199 g/mol. The van der Waals surface area contributed by atoms with Crippen molar-refractivity contribution >= 4 is 5.82 Å². The van der Waals surface area contributed by atoms with Crippen molar-refractivity contribution in [3.05, 3.63) is 26.9 Å². The largest absolute Gasteiger partial charge is 0.385 e. The number of hydrogen-bond donors (Lipinski definition) is 2. The van der Waals surface area contributed by atoms with Gasteiger partial charge in [-0.15, -0.1) is 0 Å². The van der Waals surface area contributed by atoms with Gasteiger partial charge in [-0.05, 0) is 6.92 Å². The zero-order valence-electron chi connectivity index (χ0n) is 8.11. The van der Waals surface area contributed by atoms with Crippen LogP contribution in [0.4, 0.5) is 5.82 Å². The van der Waals surface area contributed by atoms with E-state index in [1.165, 1.54) is 17.7 Å². The zero-order valence-corrected chi connectivity index (χ0v) is 8.11. The van der Waals surface area contributed by atoms with Crippen LogP contribution >= 0.6 is 0 Å². The van der Waals surface area contributed by atoms with Crippen LogP contribution in [0.25, 0.3) is 0 Å². The second-order valence-corrected chi connectivity index (χ2v) is 3.04. The molecule has 0 radical (unpaired) electrons. The molecule has 14 heavy (non-hydrogen) atoms. The number of methoxy groups -OCH3 is 1. The van der Waals surface area contributed by atoms with Crippen LogP contribution < -0.4 is 17.0 Å². The number of aromatic nitrogens is 2. The van der Waals surface area contributed by atoms with Gasteiger partial charge in [0.25, 0.3) is 5.56 Å². The van der Waals surface area contributed by atoms with Gasteiger partial charge in [-0.2, -0.15) is 0 Å². The fraction of sp³-hybridized carbons (Fsp3) is 0.500. The Bertz CT molecular complexity index is 421. The molecule has 1 atom stereocenters. The summed E-state index contributed by atoms with van der Waals surface area (Å²) >= 11 is 0. The number of rotatable bonds is 3. The molecule has 0 saturated heterocycles. The van der Waals surface area contributed by atoms with E-state index < -0.39 is 11.2 Å². The third-order valence-electron chi connectivity index (χ3n) is 1.85. The van der Waals surface area contributed by atoms with Crippen molar-refractivity contribution in [1.29, 1.82) is 0 Å². The van der Waals surface area contributed by atoms with Crippen LogP contribution in [-0.2, 0) is 4.74 Å². The molecule has 0 fully saturated rings. The molecule has 0 bridgehead atoms. The fourth-order valence-electron chi connectivity index (χ4n) is 1.29. The van der Waals surface area contributed by atoms with Gasteiger partial charge >= 0.3 is 5.69 Å². The SMILES string of the molecule is COCC(C)n1c(N)cc(=O)[nH]c1=O. The van der Waals surface area contributed by atoms with E-state index in [1.807, 2.05) is 0 Å². The lowest BCUT2D eigenvalue weighted by Gasteiger charge is -2.15. The Hall–Kier alpha value is -1.56. The first-order chi connectivity index (χ1) is 6.56. The van der Waals surface area contributed by atoms with Gasteiger partial charge in [-0.25, -0.2) is 4.79 Å². The number of ether oxygens (including phenoxy) is 1. The normalized spacial score (nSPS) is 12.7. The van der Waals surface area contributed by atoms with E-state index in [0.717, 1.165) is 0 Å². The molecule has 0 aliphatic carbocycles. The summed E-state index contributed by atoms with van der Waals surface area (Å²) in [6.07, 6.45) is 0. The molecule has 78 valence electrons. The number of nitrogens with zero attached hydrogens (tertiary/aromatic N) is 1. The Morgan fingerprint density at radius 1 is 1.64 bits per heavy atom. The summed E-state index contributed by atoms with van der Waals surface area (Å²) in [5, 5.41) is 0. The molecule has 0 aromatic carbocycles. The smallest absolute Gasteiger partial charge is 0.330 e. The number of hydrogen-bond acceptors (Lipinski definition) is 4. The predicted molar refractivity (Wildman–Crippen MR) is 52.3 cm³/mol. The van der Waals surface area contributed by atoms with Crippen LogP contribution in [0.5, 0.6) is 0 Å². The maximum atomic E-state index is 11.3. The van der Waals surface area contributed by atoms with Crippen LogP contribution in [0.1, 0.15) is 13.0 Å². The number of anilines is 1. The zero-order chi connectivity index (χ0) is 10.7. The summed E-state index contributed by atoms with van der Waals surface area (Å²) in [6, 6.07) is 0.970. The molecule has 1 rings (SSSR count). The molecule has 0 saturated carbocycles. The van der Waals surface area contributed by atoms with Crippen LogP contribution in [-0.4, -0.2) is 23.3 Å². The molecule has 1 heterocycles. The minimum absolute atomic E-state index is 0.142. The summed E-state index contributed by atoms with van der Waals surface area (Å²) in [5.41, 5.74) is 4.53. The van der Waals surface area contributed by atoms with E-state index in [0.29, 0.717) is 6.61 Å². The molecule has 0 aliphatic heterocycles. The Kier molecular flexibility index (Phi) is 3.08. The number of nitrogens with one attached hydrogen (secondary N) is 1. The van der Waals surface area contributed by atoms with Crippen molar-refractivity contribution in [2.24, 2.45) is 0 Å². The maximum absolute atomic E-state index is 11.3. The van der Waals surface area contributed by atoms with E-state index in [1.54, 1.807) is 6.92 Å². The molecule has 0 amide bonds. The second-order valence-electron chi connectivity index (χ2n) is 3.04. The van der Waals surface area contributed by atoms with Crippen molar-refractivity contribution in [3.8, 4) is 0 Å². The summed E-state index contributed by atoms with van der Waals surface area (Å²) in [4.78, 5) is 24.3. The minimum atomic E-state index is -0.514. The molecule has 0 aliphatic rings. The second kappa shape index (κ2) is 4.10. The number of nitrogens with two attached hydrogens (primary N) is 1. The van der Waals surface area contributed by atoms with Gasteiger partial charge in [0.05, 0.1) is 12.6 Å². The average Bonchev–Trinajstić information content (AvgIpc) is 2.01. The predicted octanol–water partition coefficient (Wildman–Crippen LogP) is -0.674. The third-order valence-corrected chi connectivity index (χ3v) is 1.85. The lowest BCUT2D eigenvalue weighted by molar-refractivity contribution is 0.161. The van der Waals surface area contributed by atoms with Crippen LogP contribution in [0.3, 0.4) is 0 Å². The van der Waals surface area contributed by atoms with Gasteiger partial charge < -0.3 is 10.5 Å². The Balaban J connectivity index is 3.21. The lowest BCUT2D eigenvalue weighted by atomic mass is 10.3. The van der Waals surface area contributed by atoms with Gasteiger partial charge in [0.1, 0.15) is 5.82 Å². The molecule has 6 nitrogen and oxygen atoms in total. The highest BCUT2D eigenvalue weighted by atomic mass is 16.5. The highest BCUT2D eigenvalue weighted by Crippen LogP contribution is 2.05. The average molecular weight is 199 g/mol. The number of nitrogen functional groups attached to an aromatic ring is 1. The van der Waals surface area contributed by atoms with E-state index in [4.69, 9.17) is 10.5 Å². The first-order valence-corrected chi connectivity index (χ1v) is 4.16. The Labute approximate surface area is 80.3 Å². The van der Waals surface area contributed by atoms with Crippen molar-refractivity contribution < 1.29 is 4.74 Å². The van der Waals surface area contributed by atoms with E-state index in [-0.39, 0.29) is 11.9 Å². The quantitative estimate of drug-likeness (QED) is 0.675. The van der Waals surface area contributed by atoms with Gasteiger partial charge in [-0.1, -0.05) is 0 Å². The summed E-state index contributed by atoms with van der Waals surface area (Å²) in [6.45, 7) is 2.13. The van der Waals surface area contributed by atoms with Crippen LogP contribution in [0.2, 0.25) is 0 Å². The Morgan fingerprint density at radius 3 is 2.79 bits per heavy atom. The Morgan fingerprint density at radius 2 is 2.29 bits per heavy atom. The fourth-order valence-corrected chi connectivity index (χ4v) is 1.29. The number of H-pyrrole nitrogens is 1. The van der Waals surface area contributed by atoms with Crippen LogP contribution in [0.15, 0.2) is 15.7 Å². The molecular weight excluding hydrogens is 186 g/mol. The van der Waals surface area contributed by atoms with Crippen molar-refractivity contribution in [3.63, 3.8) is 0 Å². The first-order valence-electron chi connectivity index (χ1n) is 4.16. The van der Waals surface area contributed by atoms with Gasteiger partial charge in [0.2, 0.25) is 0 Å². The van der Waals surface area contributed by atoms with Crippen LogP contribution in [0, 0.1) is 0 Å². The molecule has 3 N–H and O–H groups in total. The molecule has 6 heteroatoms. The molecule has 1 unspecified atom stereocenters. The highest BCUT2D eigenvalue weighted by Gasteiger charge is 2.09. The van der Waals surface area contributed by atoms with E-state index >= 15 is 0 Å². The van der Waals surface area contributed by atoms with Gasteiger partial charge in [0, 0.05) is 13.2 Å². The van der Waals surface area contributed by atoms with E-state index in [2.05, 4.69) is 4.98 Å². The highest BCUT2D eigenvalue weighted by molar-refractivity contribution is 5.26. The van der Waals surface area contributed by atoms with Gasteiger partial charge in [-0.3, -0.25) is 14.3 Å². The minimum Gasteiger partial charge on any atom is -0.385 e. The third kappa shape index (κ3) is 2.02. The summed E-state index contributed by atoms with van der Waals surface area (Å²) in [5.74, 6) is 0.142. The van der Waals surface area contributed by atoms with Crippen molar-refractivity contribution in [2.75, 3.05) is 19.5 Å². The summed E-state index contributed by atoms with van der Waals surface area (Å²) < 4.78 is 6.17. The van der Waals surface area contributed by atoms with E-state index in [9.17, 15) is 9.59 Å². The number of aromatic amines is 1. The molecule has 1 aromatic heterocycles. The first kappa shape index (κ1) is 10.5. The maximum Gasteiger partial charge on any atom is 0.330 e. The standard InChI is InChI=1S/C8H13N3O3/c1-5(4-14-2)11-6(9)3-7(12)10-8(11)13/h3,5H,4,9H2,1-2H3,(H,10,12,13). The lowest BCUT2D eigenvalue weighted by Crippen LogP contribution is -2.34. The van der Waals surface area contributed by atoms with Crippen molar-refractivity contribution in [2.45, 2.75) is 13.0 Å². The molecule has 1 aromatic rings. The summed E-state index contributed by atoms with van der Waals surface area (Å²) in [7, 11) is 1.53. The topological polar surface area (TPSA) is 90.1 Å². The van der Waals surface area contributed by atoms with Gasteiger partial charge in [0.15, 0.2) is 0 Å². The molecule has 0 spiro atoms.